The number of hydrogen-bond donors (Lipinski definition) is 2. The van der Waals surface area contributed by atoms with Gasteiger partial charge in [-0.05, 0) is 66.8 Å². The number of carboxylic acid groups (broad SMARTS) is 1. The van der Waals surface area contributed by atoms with Gasteiger partial charge < -0.3 is 10.8 Å². The molecule has 0 aliphatic rings. The van der Waals surface area contributed by atoms with E-state index in [-0.39, 0.29) is 30.2 Å². The van der Waals surface area contributed by atoms with Gasteiger partial charge in [-0.15, -0.1) is 12.4 Å². The van der Waals surface area contributed by atoms with Crippen LogP contribution in [-0.2, 0) is 4.79 Å². The van der Waals surface area contributed by atoms with Crippen LogP contribution in [0.15, 0.2) is 24.3 Å². The molecule has 2 aromatic rings. The van der Waals surface area contributed by atoms with E-state index in [0.717, 1.165) is 16.7 Å². The molecular weight excluding hydrogens is 336 g/mol. The lowest BCUT2D eigenvalue weighted by atomic mass is 9.88. The van der Waals surface area contributed by atoms with Crippen LogP contribution in [0.5, 0.6) is 0 Å². The Bertz CT molecular complexity index is 778. The third-order valence-corrected chi connectivity index (χ3v) is 4.00. The molecule has 0 aromatic heterocycles. The summed E-state index contributed by atoms with van der Waals surface area (Å²) in [6, 6.07) is 5.13. The number of carbonyl (C=O) groups is 1. The van der Waals surface area contributed by atoms with Gasteiger partial charge in [0.05, 0.1) is 6.42 Å². The van der Waals surface area contributed by atoms with Gasteiger partial charge in [-0.1, -0.05) is 6.07 Å². The molecule has 0 heterocycles. The number of aliphatic carboxylic acids is 1. The first-order valence-electron chi connectivity index (χ1n) is 7.25. The van der Waals surface area contributed by atoms with Crippen LogP contribution in [0.2, 0.25) is 0 Å². The van der Waals surface area contributed by atoms with E-state index < -0.39 is 17.8 Å². The van der Waals surface area contributed by atoms with E-state index in [4.69, 9.17) is 10.8 Å². The second-order valence-electron chi connectivity index (χ2n) is 5.76. The van der Waals surface area contributed by atoms with Crippen molar-refractivity contribution in [2.45, 2.75) is 33.2 Å². The fourth-order valence-corrected chi connectivity index (χ4v) is 2.85. The van der Waals surface area contributed by atoms with Crippen molar-refractivity contribution in [3.8, 4) is 11.1 Å². The Morgan fingerprint density at radius 2 is 1.75 bits per heavy atom. The summed E-state index contributed by atoms with van der Waals surface area (Å²) in [6.45, 7) is 5.08. The predicted octanol–water partition coefficient (Wildman–Crippen LogP) is 4.45. The van der Waals surface area contributed by atoms with Gasteiger partial charge >= 0.3 is 5.97 Å². The Hall–Kier alpha value is -1.98. The normalized spacial score (nSPS) is 11.8. The molecule has 0 spiro atoms. The molecule has 24 heavy (non-hydrogen) atoms. The van der Waals surface area contributed by atoms with Crippen molar-refractivity contribution in [3.63, 3.8) is 0 Å². The SMILES string of the molecule is Cc1cc(F)ccc1-c1cc(C)c(F)c(C(N)CC(=O)O)c1C.Cl. The molecule has 1 unspecified atom stereocenters. The highest BCUT2D eigenvalue weighted by Gasteiger charge is 2.22. The molecule has 3 nitrogen and oxygen atoms in total. The first kappa shape index (κ1) is 20.1. The monoisotopic (exact) mass is 355 g/mol. The van der Waals surface area contributed by atoms with Gasteiger partial charge in [-0.3, -0.25) is 4.79 Å². The van der Waals surface area contributed by atoms with E-state index in [0.29, 0.717) is 11.1 Å². The van der Waals surface area contributed by atoms with Gasteiger partial charge in [-0.25, -0.2) is 8.78 Å². The summed E-state index contributed by atoms with van der Waals surface area (Å²) in [4.78, 5) is 10.9. The van der Waals surface area contributed by atoms with Gasteiger partial charge in [0.1, 0.15) is 11.6 Å². The van der Waals surface area contributed by atoms with Crippen molar-refractivity contribution in [1.29, 1.82) is 0 Å². The van der Waals surface area contributed by atoms with E-state index in [1.807, 2.05) is 0 Å². The standard InChI is InChI=1S/C18H19F2NO2.ClH/c1-9-6-12(19)4-5-13(9)14-7-10(2)18(20)17(11(14)3)15(21)8-16(22)23;/h4-7,15H,8,21H2,1-3H3,(H,22,23);1H. The van der Waals surface area contributed by atoms with Crippen LogP contribution in [-0.4, -0.2) is 11.1 Å². The molecule has 2 rings (SSSR count). The summed E-state index contributed by atoms with van der Waals surface area (Å²) in [5.74, 6) is -1.91. The molecule has 0 aliphatic heterocycles. The van der Waals surface area contributed by atoms with Crippen molar-refractivity contribution in [2.24, 2.45) is 5.73 Å². The van der Waals surface area contributed by atoms with Gasteiger partial charge in [0.2, 0.25) is 0 Å². The summed E-state index contributed by atoms with van der Waals surface area (Å²) in [5, 5.41) is 8.91. The second-order valence-corrected chi connectivity index (χ2v) is 5.76. The largest absolute Gasteiger partial charge is 0.481 e. The highest BCUT2D eigenvalue weighted by molar-refractivity contribution is 5.85. The fourth-order valence-electron chi connectivity index (χ4n) is 2.85. The summed E-state index contributed by atoms with van der Waals surface area (Å²) in [6.07, 6.45) is -0.358. The zero-order valence-electron chi connectivity index (χ0n) is 13.7. The van der Waals surface area contributed by atoms with Crippen molar-refractivity contribution >= 4 is 18.4 Å². The molecule has 0 radical (unpaired) electrons. The Morgan fingerprint density at radius 3 is 2.29 bits per heavy atom. The van der Waals surface area contributed by atoms with Crippen molar-refractivity contribution in [1.82, 2.24) is 0 Å². The minimum Gasteiger partial charge on any atom is -0.481 e. The summed E-state index contributed by atoms with van der Waals surface area (Å²) < 4.78 is 27.8. The lowest BCUT2D eigenvalue weighted by Gasteiger charge is -2.20. The van der Waals surface area contributed by atoms with E-state index in [1.54, 1.807) is 32.9 Å². The molecule has 2 aromatic carbocycles. The third kappa shape index (κ3) is 3.91. The molecule has 6 heteroatoms. The maximum Gasteiger partial charge on any atom is 0.305 e. The number of hydrogen-bond acceptors (Lipinski definition) is 2. The first-order chi connectivity index (χ1) is 10.7. The van der Waals surface area contributed by atoms with Crippen molar-refractivity contribution < 1.29 is 18.7 Å². The first-order valence-corrected chi connectivity index (χ1v) is 7.25. The lowest BCUT2D eigenvalue weighted by molar-refractivity contribution is -0.137. The molecular formula is C18H20ClF2NO2. The highest BCUT2D eigenvalue weighted by atomic mass is 35.5. The average Bonchev–Trinajstić information content (AvgIpc) is 2.43. The van der Waals surface area contributed by atoms with E-state index >= 15 is 0 Å². The second kappa shape index (κ2) is 7.73. The van der Waals surface area contributed by atoms with Gasteiger partial charge in [0.25, 0.3) is 0 Å². The smallest absolute Gasteiger partial charge is 0.305 e. The Balaban J connectivity index is 0.00000288. The number of nitrogens with two attached hydrogens (primary N) is 1. The van der Waals surface area contributed by atoms with Crippen LogP contribution in [0.25, 0.3) is 11.1 Å². The molecule has 0 amide bonds. The number of halogens is 3. The zero-order valence-corrected chi connectivity index (χ0v) is 14.5. The van der Waals surface area contributed by atoms with E-state index in [2.05, 4.69) is 0 Å². The highest BCUT2D eigenvalue weighted by Crippen LogP contribution is 2.34. The topological polar surface area (TPSA) is 63.3 Å². The van der Waals surface area contributed by atoms with Crippen molar-refractivity contribution in [3.05, 3.63) is 58.2 Å². The Kier molecular flexibility index (Phi) is 6.46. The molecule has 0 aliphatic carbocycles. The number of benzene rings is 2. The Labute approximate surface area is 145 Å². The minimum absolute atomic E-state index is 0. The van der Waals surface area contributed by atoms with Gasteiger partial charge in [-0.2, -0.15) is 0 Å². The molecule has 0 saturated heterocycles. The summed E-state index contributed by atoms with van der Waals surface area (Å²) >= 11 is 0. The molecule has 0 fully saturated rings. The quantitative estimate of drug-likeness (QED) is 0.851. The number of aryl methyl sites for hydroxylation is 2. The van der Waals surface area contributed by atoms with Crippen LogP contribution >= 0.6 is 12.4 Å². The summed E-state index contributed by atoms with van der Waals surface area (Å²) in [5.41, 5.74) is 9.28. The number of rotatable bonds is 4. The fraction of sp³-hybridized carbons (Fsp3) is 0.278. The van der Waals surface area contributed by atoms with Crippen LogP contribution in [0.3, 0.4) is 0 Å². The van der Waals surface area contributed by atoms with Gasteiger partial charge in [0.15, 0.2) is 0 Å². The lowest BCUT2D eigenvalue weighted by Crippen LogP contribution is -2.18. The zero-order chi connectivity index (χ0) is 17.3. The van der Waals surface area contributed by atoms with E-state index in [1.165, 1.54) is 12.1 Å². The number of carboxylic acids is 1. The molecule has 130 valence electrons. The molecule has 0 saturated carbocycles. The molecule has 0 bridgehead atoms. The molecule has 1 atom stereocenters. The maximum atomic E-state index is 14.5. The minimum atomic E-state index is -1.09. The van der Waals surface area contributed by atoms with Crippen LogP contribution in [0, 0.1) is 32.4 Å². The van der Waals surface area contributed by atoms with Crippen molar-refractivity contribution in [2.75, 3.05) is 0 Å². The Morgan fingerprint density at radius 1 is 1.12 bits per heavy atom. The molecule has 3 N–H and O–H groups in total. The summed E-state index contributed by atoms with van der Waals surface area (Å²) in [7, 11) is 0. The van der Waals surface area contributed by atoms with Crippen LogP contribution in [0.4, 0.5) is 8.78 Å². The van der Waals surface area contributed by atoms with Crippen LogP contribution in [0.1, 0.15) is 34.7 Å². The maximum absolute atomic E-state index is 14.5. The van der Waals surface area contributed by atoms with Gasteiger partial charge in [0, 0.05) is 11.6 Å². The van der Waals surface area contributed by atoms with Crippen LogP contribution < -0.4 is 5.73 Å². The predicted molar refractivity (Wildman–Crippen MR) is 92.4 cm³/mol. The third-order valence-electron chi connectivity index (χ3n) is 4.00. The van der Waals surface area contributed by atoms with E-state index in [9.17, 15) is 13.6 Å². The average molecular weight is 356 g/mol.